The Bertz CT molecular complexity index is 1080. The first-order valence-electron chi connectivity index (χ1n) is 8.70. The molecule has 0 unspecified atom stereocenters. The first-order valence-corrected chi connectivity index (χ1v) is 8.70. The molecule has 0 saturated carbocycles. The van der Waals surface area contributed by atoms with Crippen LogP contribution in [-0.4, -0.2) is 27.7 Å². The van der Waals surface area contributed by atoms with Gasteiger partial charge in [-0.3, -0.25) is 9.98 Å². The number of aromatic nitrogens is 3. The fourth-order valence-electron chi connectivity index (χ4n) is 3.02. The lowest BCUT2D eigenvalue weighted by Gasteiger charge is -2.14. The van der Waals surface area contributed by atoms with Gasteiger partial charge in [0.1, 0.15) is 24.5 Å². The molecule has 5 nitrogen and oxygen atoms in total. The van der Waals surface area contributed by atoms with E-state index in [0.717, 1.165) is 29.7 Å². The molecule has 0 amide bonds. The maximum atomic E-state index is 13.5. The van der Waals surface area contributed by atoms with Crippen LogP contribution in [0.4, 0.5) is 17.6 Å². The van der Waals surface area contributed by atoms with Crippen LogP contribution in [0.5, 0.6) is 5.75 Å². The predicted octanol–water partition coefficient (Wildman–Crippen LogP) is 4.25. The summed E-state index contributed by atoms with van der Waals surface area (Å²) in [5.41, 5.74) is 2.57. The third kappa shape index (κ3) is 4.23. The van der Waals surface area contributed by atoms with Gasteiger partial charge >= 0.3 is 6.18 Å². The number of ether oxygens (including phenoxy) is 1. The quantitative estimate of drug-likeness (QED) is 0.612. The standard InChI is InChI=1S/C20H14F4N4O/c21-14-5-13(20(22,23)24)6-16(7-14)29-10-15-8-18(28-11-27-15)19-17-2-3-25-9-12(17)1-4-26-19/h1,4-9,11H,2-3,10H2. The van der Waals surface area contributed by atoms with Gasteiger partial charge < -0.3 is 4.74 Å². The Labute approximate surface area is 163 Å². The summed E-state index contributed by atoms with van der Waals surface area (Å²) in [4.78, 5) is 17.0. The molecular weight excluding hydrogens is 388 g/mol. The monoisotopic (exact) mass is 402 g/mol. The second kappa shape index (κ2) is 7.57. The highest BCUT2D eigenvalue weighted by Crippen LogP contribution is 2.32. The van der Waals surface area contributed by atoms with E-state index in [1.807, 2.05) is 6.07 Å². The molecule has 0 saturated heterocycles. The van der Waals surface area contributed by atoms with E-state index >= 15 is 0 Å². The van der Waals surface area contributed by atoms with E-state index in [1.165, 1.54) is 6.33 Å². The van der Waals surface area contributed by atoms with Crippen molar-refractivity contribution >= 4 is 6.21 Å². The Kier molecular flexibility index (Phi) is 4.96. The van der Waals surface area contributed by atoms with Crippen molar-refractivity contribution in [2.24, 2.45) is 4.99 Å². The van der Waals surface area contributed by atoms with E-state index in [9.17, 15) is 17.6 Å². The van der Waals surface area contributed by atoms with Crippen molar-refractivity contribution in [1.82, 2.24) is 15.0 Å². The number of benzene rings is 1. The molecule has 1 aromatic carbocycles. The fraction of sp³-hybridized carbons (Fsp3) is 0.200. The lowest BCUT2D eigenvalue weighted by atomic mass is 10.00. The number of nitrogens with zero attached hydrogens (tertiary/aromatic N) is 4. The summed E-state index contributed by atoms with van der Waals surface area (Å²) < 4.78 is 57.3. The first kappa shape index (κ1) is 19.0. The molecule has 148 valence electrons. The fourth-order valence-corrected chi connectivity index (χ4v) is 3.02. The predicted molar refractivity (Wildman–Crippen MR) is 97.2 cm³/mol. The summed E-state index contributed by atoms with van der Waals surface area (Å²) >= 11 is 0. The highest BCUT2D eigenvalue weighted by atomic mass is 19.4. The molecule has 0 radical (unpaired) electrons. The third-order valence-electron chi connectivity index (χ3n) is 4.36. The molecule has 0 bridgehead atoms. The number of halogens is 4. The SMILES string of the molecule is Fc1cc(OCc2cc(-c3nccc4c3CCN=C4)ncn2)cc(C(F)(F)F)c1. The summed E-state index contributed by atoms with van der Waals surface area (Å²) in [6.45, 7) is 0.514. The van der Waals surface area contributed by atoms with Crippen molar-refractivity contribution in [1.29, 1.82) is 0 Å². The molecule has 3 aromatic rings. The van der Waals surface area contributed by atoms with Crippen molar-refractivity contribution in [3.8, 4) is 17.1 Å². The van der Waals surface area contributed by atoms with E-state index in [1.54, 1.807) is 18.5 Å². The minimum absolute atomic E-state index is 0.146. The molecule has 0 aliphatic carbocycles. The second-order valence-corrected chi connectivity index (χ2v) is 6.37. The van der Waals surface area contributed by atoms with Crippen LogP contribution in [0.15, 0.2) is 47.8 Å². The zero-order chi connectivity index (χ0) is 20.4. The molecule has 0 atom stereocenters. The summed E-state index contributed by atoms with van der Waals surface area (Å²) in [5.74, 6) is -1.26. The smallest absolute Gasteiger partial charge is 0.416 e. The Balaban J connectivity index is 1.57. The van der Waals surface area contributed by atoms with Crippen LogP contribution in [0.2, 0.25) is 0 Å². The topological polar surface area (TPSA) is 60.3 Å². The number of rotatable bonds is 4. The highest BCUT2D eigenvalue weighted by molar-refractivity contribution is 5.85. The maximum absolute atomic E-state index is 13.5. The maximum Gasteiger partial charge on any atom is 0.416 e. The van der Waals surface area contributed by atoms with Gasteiger partial charge in [0.15, 0.2) is 0 Å². The summed E-state index contributed by atoms with van der Waals surface area (Å²) in [6, 6.07) is 5.59. The van der Waals surface area contributed by atoms with Crippen LogP contribution < -0.4 is 4.74 Å². The highest BCUT2D eigenvalue weighted by Gasteiger charge is 2.31. The average Bonchev–Trinajstić information content (AvgIpc) is 2.71. The molecule has 1 aliphatic heterocycles. The normalized spacial score (nSPS) is 13.2. The molecule has 1 aliphatic rings. The van der Waals surface area contributed by atoms with Gasteiger partial charge in [-0.2, -0.15) is 13.2 Å². The summed E-state index contributed by atoms with van der Waals surface area (Å²) in [6.07, 6.45) is 0.851. The summed E-state index contributed by atoms with van der Waals surface area (Å²) in [5, 5.41) is 0. The molecule has 0 spiro atoms. The molecule has 3 heterocycles. The molecule has 0 N–H and O–H groups in total. The molecule has 0 fully saturated rings. The van der Waals surface area contributed by atoms with E-state index in [0.29, 0.717) is 29.7 Å². The first-order chi connectivity index (χ1) is 13.9. The van der Waals surface area contributed by atoms with Gasteiger partial charge in [0, 0.05) is 25.0 Å². The van der Waals surface area contributed by atoms with Gasteiger partial charge in [0.2, 0.25) is 0 Å². The number of hydrogen-bond donors (Lipinski definition) is 0. The van der Waals surface area contributed by atoms with Crippen LogP contribution >= 0.6 is 0 Å². The zero-order valence-corrected chi connectivity index (χ0v) is 14.9. The zero-order valence-electron chi connectivity index (χ0n) is 14.9. The average molecular weight is 402 g/mol. The van der Waals surface area contributed by atoms with Crippen molar-refractivity contribution in [3.63, 3.8) is 0 Å². The van der Waals surface area contributed by atoms with E-state index in [4.69, 9.17) is 4.74 Å². The van der Waals surface area contributed by atoms with Crippen molar-refractivity contribution in [2.75, 3.05) is 6.54 Å². The number of fused-ring (bicyclic) bond motifs is 1. The lowest BCUT2D eigenvalue weighted by Crippen LogP contribution is -2.08. The van der Waals surface area contributed by atoms with Crippen LogP contribution in [0.3, 0.4) is 0 Å². The number of alkyl halides is 3. The number of hydrogen-bond acceptors (Lipinski definition) is 5. The molecule has 29 heavy (non-hydrogen) atoms. The molecule has 9 heteroatoms. The molecule has 2 aromatic heterocycles. The second-order valence-electron chi connectivity index (χ2n) is 6.37. The van der Waals surface area contributed by atoms with Gasteiger partial charge in [-0.1, -0.05) is 0 Å². The largest absolute Gasteiger partial charge is 0.487 e. The van der Waals surface area contributed by atoms with Crippen LogP contribution in [0.1, 0.15) is 22.4 Å². The van der Waals surface area contributed by atoms with Gasteiger partial charge in [0.05, 0.1) is 22.6 Å². The Morgan fingerprint density at radius 1 is 1.03 bits per heavy atom. The van der Waals surface area contributed by atoms with Crippen LogP contribution in [0, 0.1) is 5.82 Å². The Morgan fingerprint density at radius 2 is 1.90 bits per heavy atom. The van der Waals surface area contributed by atoms with Gasteiger partial charge in [0.25, 0.3) is 0 Å². The number of aliphatic imine (C=N–C) groups is 1. The van der Waals surface area contributed by atoms with Gasteiger partial charge in [-0.25, -0.2) is 14.4 Å². The van der Waals surface area contributed by atoms with Crippen molar-refractivity contribution in [2.45, 2.75) is 19.2 Å². The third-order valence-corrected chi connectivity index (χ3v) is 4.36. The molecular formula is C20H14F4N4O. The summed E-state index contributed by atoms with van der Waals surface area (Å²) in [7, 11) is 0. The van der Waals surface area contributed by atoms with E-state index in [-0.39, 0.29) is 12.4 Å². The van der Waals surface area contributed by atoms with Crippen LogP contribution in [-0.2, 0) is 19.2 Å². The van der Waals surface area contributed by atoms with E-state index in [2.05, 4.69) is 19.9 Å². The van der Waals surface area contributed by atoms with Crippen molar-refractivity contribution in [3.05, 3.63) is 71.1 Å². The van der Waals surface area contributed by atoms with Gasteiger partial charge in [-0.05, 0) is 41.8 Å². The minimum Gasteiger partial charge on any atom is -0.487 e. The van der Waals surface area contributed by atoms with Gasteiger partial charge in [-0.15, -0.1) is 0 Å². The van der Waals surface area contributed by atoms with E-state index < -0.39 is 17.6 Å². The lowest BCUT2D eigenvalue weighted by molar-refractivity contribution is -0.137. The molecule has 4 rings (SSSR count). The van der Waals surface area contributed by atoms with Crippen LogP contribution in [0.25, 0.3) is 11.4 Å². The van der Waals surface area contributed by atoms with Crippen molar-refractivity contribution < 1.29 is 22.3 Å². The minimum atomic E-state index is -4.66. The Hall–Kier alpha value is -3.36. The number of pyridine rings is 1. The Morgan fingerprint density at radius 3 is 2.72 bits per heavy atom.